The fourth-order valence-corrected chi connectivity index (χ4v) is 6.74. The van der Waals surface area contributed by atoms with E-state index in [1.54, 1.807) is 16.8 Å². The summed E-state index contributed by atoms with van der Waals surface area (Å²) in [4.78, 5) is 28.6. The summed E-state index contributed by atoms with van der Waals surface area (Å²) in [5.74, 6) is -0.129. The van der Waals surface area contributed by atoms with E-state index in [1.807, 2.05) is 42.5 Å². The van der Waals surface area contributed by atoms with Gasteiger partial charge in [0.1, 0.15) is 18.2 Å². The number of nitrogens with zero attached hydrogens (tertiary/aromatic N) is 3. The van der Waals surface area contributed by atoms with Crippen molar-refractivity contribution in [2.45, 2.75) is 31.1 Å². The smallest absolute Gasteiger partial charge is 0.240 e. The zero-order chi connectivity index (χ0) is 28.3. The van der Waals surface area contributed by atoms with Gasteiger partial charge < -0.3 is 10.1 Å². The summed E-state index contributed by atoms with van der Waals surface area (Å²) in [7, 11) is 0. The number of aryl methyl sites for hydroxylation is 1. The minimum atomic E-state index is -0.370. The van der Waals surface area contributed by atoms with Crippen molar-refractivity contribution < 1.29 is 18.7 Å². The predicted molar refractivity (Wildman–Crippen MR) is 159 cm³/mol. The van der Waals surface area contributed by atoms with Crippen molar-refractivity contribution in [1.82, 2.24) is 15.1 Å². The molecule has 6 rings (SSSR count). The molecule has 0 aliphatic carbocycles. The van der Waals surface area contributed by atoms with E-state index in [-0.39, 0.29) is 41.3 Å². The average Bonchev–Trinajstić information content (AvgIpc) is 3.62. The maximum absolute atomic E-state index is 14.0. The van der Waals surface area contributed by atoms with Crippen LogP contribution in [-0.4, -0.2) is 53.1 Å². The molecule has 0 unspecified atom stereocenters. The van der Waals surface area contributed by atoms with Gasteiger partial charge in [-0.05, 0) is 55.2 Å². The van der Waals surface area contributed by atoms with Crippen molar-refractivity contribution in [3.05, 3.63) is 101 Å². The Hall–Kier alpha value is -3.95. The SMILES string of the molecule is Cc1ccccc1[C@H]1SCC(=O)N(CC(=O)NC[C@@H]2CCCO2)c2c1c(-c1ccccc1)nn2-c1ccc(F)cc1. The number of carbonyl (C=O) groups is 2. The third-order valence-corrected chi connectivity index (χ3v) is 8.77. The van der Waals surface area contributed by atoms with Gasteiger partial charge in [0.2, 0.25) is 11.8 Å². The van der Waals surface area contributed by atoms with Crippen LogP contribution in [0.1, 0.15) is 34.8 Å². The van der Waals surface area contributed by atoms with Crippen LogP contribution in [0.2, 0.25) is 0 Å². The van der Waals surface area contributed by atoms with Crippen molar-refractivity contribution in [3.8, 4) is 16.9 Å². The maximum atomic E-state index is 14.0. The van der Waals surface area contributed by atoms with Gasteiger partial charge >= 0.3 is 0 Å². The van der Waals surface area contributed by atoms with E-state index in [4.69, 9.17) is 9.84 Å². The maximum Gasteiger partial charge on any atom is 0.240 e. The van der Waals surface area contributed by atoms with Crippen molar-refractivity contribution >= 4 is 29.4 Å². The summed E-state index contributed by atoms with van der Waals surface area (Å²) >= 11 is 1.53. The normalized spacial score (nSPS) is 18.7. The highest BCUT2D eigenvalue weighted by atomic mass is 32.2. The molecule has 3 aromatic carbocycles. The average molecular weight is 571 g/mol. The van der Waals surface area contributed by atoms with Crippen LogP contribution < -0.4 is 10.2 Å². The number of amides is 2. The first-order valence-corrected chi connectivity index (χ1v) is 14.8. The first-order valence-electron chi connectivity index (χ1n) is 13.8. The predicted octanol–water partition coefficient (Wildman–Crippen LogP) is 5.45. The molecule has 210 valence electrons. The molecule has 1 fully saturated rings. The van der Waals surface area contributed by atoms with E-state index in [2.05, 4.69) is 24.4 Å². The molecule has 2 amide bonds. The largest absolute Gasteiger partial charge is 0.376 e. The Kier molecular flexibility index (Phi) is 7.89. The first-order chi connectivity index (χ1) is 20.0. The van der Waals surface area contributed by atoms with Crippen LogP contribution in [0.25, 0.3) is 16.9 Å². The Bertz CT molecular complexity index is 1550. The quantitative estimate of drug-likeness (QED) is 0.320. The van der Waals surface area contributed by atoms with Gasteiger partial charge in [0.15, 0.2) is 0 Å². The topological polar surface area (TPSA) is 76.5 Å². The number of ether oxygens (including phenoxy) is 1. The minimum Gasteiger partial charge on any atom is -0.376 e. The number of halogens is 1. The van der Waals surface area contributed by atoms with Gasteiger partial charge in [-0.15, -0.1) is 11.8 Å². The summed E-state index contributed by atoms with van der Waals surface area (Å²) < 4.78 is 21.3. The summed E-state index contributed by atoms with van der Waals surface area (Å²) in [5, 5.41) is 7.78. The van der Waals surface area contributed by atoms with Gasteiger partial charge in [0.05, 0.1) is 28.5 Å². The molecule has 0 radical (unpaired) electrons. The molecule has 2 aliphatic rings. The van der Waals surface area contributed by atoms with Crippen molar-refractivity contribution in [2.24, 2.45) is 0 Å². The Morgan fingerprint density at radius 3 is 2.56 bits per heavy atom. The summed E-state index contributed by atoms with van der Waals surface area (Å²) in [6.07, 6.45) is 1.87. The third kappa shape index (κ3) is 5.64. The van der Waals surface area contributed by atoms with E-state index in [0.29, 0.717) is 30.4 Å². The highest BCUT2D eigenvalue weighted by Gasteiger charge is 2.38. The second-order valence-corrected chi connectivity index (χ2v) is 11.4. The molecule has 0 saturated carbocycles. The Labute approximate surface area is 242 Å². The second kappa shape index (κ2) is 11.9. The van der Waals surface area contributed by atoms with Gasteiger partial charge in [-0.2, -0.15) is 5.10 Å². The van der Waals surface area contributed by atoms with Gasteiger partial charge in [-0.25, -0.2) is 9.07 Å². The lowest BCUT2D eigenvalue weighted by molar-refractivity contribution is -0.123. The number of aromatic nitrogens is 2. The lowest BCUT2D eigenvalue weighted by Crippen LogP contribution is -2.44. The lowest BCUT2D eigenvalue weighted by Gasteiger charge is -2.24. The van der Waals surface area contributed by atoms with Crippen LogP contribution in [0.4, 0.5) is 10.2 Å². The zero-order valence-corrected chi connectivity index (χ0v) is 23.6. The van der Waals surface area contributed by atoms with E-state index in [0.717, 1.165) is 35.1 Å². The number of rotatable bonds is 7. The summed E-state index contributed by atoms with van der Waals surface area (Å²) in [5.41, 5.74) is 5.22. The van der Waals surface area contributed by atoms with Gasteiger partial charge in [-0.3, -0.25) is 14.5 Å². The molecule has 9 heteroatoms. The van der Waals surface area contributed by atoms with E-state index in [1.165, 1.54) is 28.8 Å². The first kappa shape index (κ1) is 27.2. The molecular weight excluding hydrogens is 539 g/mol. The lowest BCUT2D eigenvalue weighted by atomic mass is 9.97. The second-order valence-electron chi connectivity index (χ2n) is 10.3. The molecule has 1 N–H and O–H groups in total. The Morgan fingerprint density at radius 1 is 1.07 bits per heavy atom. The number of carbonyl (C=O) groups excluding carboxylic acids is 2. The Morgan fingerprint density at radius 2 is 1.83 bits per heavy atom. The van der Waals surface area contributed by atoms with Crippen LogP contribution in [0, 0.1) is 12.7 Å². The van der Waals surface area contributed by atoms with Crippen molar-refractivity contribution in [1.29, 1.82) is 0 Å². The van der Waals surface area contributed by atoms with Crippen LogP contribution in [0.5, 0.6) is 0 Å². The van der Waals surface area contributed by atoms with Crippen LogP contribution >= 0.6 is 11.8 Å². The molecule has 0 bridgehead atoms. The molecule has 2 atom stereocenters. The number of fused-ring (bicyclic) bond motifs is 1. The van der Waals surface area contributed by atoms with Crippen LogP contribution in [-0.2, 0) is 14.3 Å². The fourth-order valence-electron chi connectivity index (χ4n) is 5.45. The molecule has 4 aromatic rings. The molecule has 3 heterocycles. The third-order valence-electron chi connectivity index (χ3n) is 7.53. The monoisotopic (exact) mass is 570 g/mol. The summed E-state index contributed by atoms with van der Waals surface area (Å²) in [6.45, 7) is 3.00. The summed E-state index contributed by atoms with van der Waals surface area (Å²) in [6, 6.07) is 24.0. The molecule has 0 spiro atoms. The van der Waals surface area contributed by atoms with Crippen molar-refractivity contribution in [2.75, 3.05) is 30.3 Å². The molecule has 1 saturated heterocycles. The molecule has 2 aliphatic heterocycles. The van der Waals surface area contributed by atoms with E-state index in [9.17, 15) is 14.0 Å². The number of thioether (sulfide) groups is 1. The molecule has 7 nitrogen and oxygen atoms in total. The van der Waals surface area contributed by atoms with Crippen molar-refractivity contribution in [3.63, 3.8) is 0 Å². The molecular formula is C32H31FN4O3S. The molecule has 1 aromatic heterocycles. The number of nitrogens with one attached hydrogen (secondary N) is 1. The van der Waals surface area contributed by atoms with Gasteiger partial charge in [-0.1, -0.05) is 54.6 Å². The van der Waals surface area contributed by atoms with Crippen LogP contribution in [0.3, 0.4) is 0 Å². The highest BCUT2D eigenvalue weighted by Crippen LogP contribution is 2.49. The standard InChI is InChI=1S/C32H31FN4O3S/c1-21-8-5-6-12-26(21)31-29-30(22-9-3-2-4-10-22)35-37(24-15-13-23(33)14-16-24)32(29)36(28(39)20-41-31)19-27(38)34-18-25-11-7-17-40-25/h2-6,8-10,12-16,25,31H,7,11,17-20H2,1H3,(H,34,38)/t25-,31+/m0/s1. The Balaban J connectivity index is 1.52. The number of anilines is 1. The van der Waals surface area contributed by atoms with Gasteiger partial charge in [0.25, 0.3) is 0 Å². The molecule has 41 heavy (non-hydrogen) atoms. The van der Waals surface area contributed by atoms with Gasteiger partial charge in [0, 0.05) is 24.3 Å². The zero-order valence-electron chi connectivity index (χ0n) is 22.8. The number of hydrogen-bond acceptors (Lipinski definition) is 5. The fraction of sp³-hybridized carbons (Fsp3) is 0.281. The number of hydrogen-bond donors (Lipinski definition) is 1. The minimum absolute atomic E-state index is 0.00948. The van der Waals surface area contributed by atoms with E-state index < -0.39 is 0 Å². The van der Waals surface area contributed by atoms with Crippen LogP contribution in [0.15, 0.2) is 78.9 Å². The van der Waals surface area contributed by atoms with E-state index >= 15 is 0 Å². The number of benzene rings is 3. The highest BCUT2D eigenvalue weighted by molar-refractivity contribution is 8.00.